The van der Waals surface area contributed by atoms with Gasteiger partial charge in [0.2, 0.25) is 11.4 Å². The van der Waals surface area contributed by atoms with E-state index < -0.39 is 35.3 Å². The van der Waals surface area contributed by atoms with Crippen LogP contribution in [0.15, 0.2) is 72.9 Å². The molecule has 1 aliphatic rings. The van der Waals surface area contributed by atoms with Crippen LogP contribution in [-0.2, 0) is 16.9 Å². The fourth-order valence-corrected chi connectivity index (χ4v) is 6.13. The number of likely N-dealkylation sites (tertiary alicyclic amines) is 1. The third-order valence-corrected chi connectivity index (χ3v) is 8.59. The Bertz CT molecular complexity index is 1820. The zero-order valence-corrected chi connectivity index (χ0v) is 26.9. The van der Waals surface area contributed by atoms with Gasteiger partial charge in [0.1, 0.15) is 6.10 Å². The number of non-ortho nitro benzene ring substituents is 1. The number of nitrogens with zero attached hydrogens (tertiary/aromatic N) is 3. The van der Waals surface area contributed by atoms with E-state index in [-0.39, 0.29) is 47.5 Å². The first-order valence-corrected chi connectivity index (χ1v) is 15.5. The number of aliphatic carboxylic acids is 1. The number of carbonyl (C=O) groups is 1. The number of carboxylic acids is 1. The summed E-state index contributed by atoms with van der Waals surface area (Å²) in [4.78, 5) is 23.5. The number of hydrogen-bond donors (Lipinski definition) is 2. The molecule has 5 rings (SSSR count). The van der Waals surface area contributed by atoms with Gasteiger partial charge in [0.25, 0.3) is 5.69 Å². The Morgan fingerprint density at radius 2 is 1.73 bits per heavy atom. The quantitative estimate of drug-likeness (QED) is 0.0988. The Hall–Kier alpha value is -5.08. The molecule has 0 spiro atoms. The van der Waals surface area contributed by atoms with Gasteiger partial charge in [-0.15, -0.1) is 0 Å². The predicted molar refractivity (Wildman–Crippen MR) is 175 cm³/mol. The number of alkyl halides is 3. The van der Waals surface area contributed by atoms with Crippen molar-refractivity contribution in [1.82, 2.24) is 9.47 Å². The van der Waals surface area contributed by atoms with Gasteiger partial charge in [0.05, 0.1) is 24.7 Å². The lowest BCUT2D eigenvalue weighted by Gasteiger charge is -2.35. The van der Waals surface area contributed by atoms with Crippen molar-refractivity contribution in [1.29, 1.82) is 0 Å². The Morgan fingerprint density at radius 1 is 1.04 bits per heavy atom. The van der Waals surface area contributed by atoms with Gasteiger partial charge in [0.15, 0.2) is 11.5 Å². The van der Waals surface area contributed by atoms with Crippen LogP contribution in [0.5, 0.6) is 17.2 Å². The summed E-state index contributed by atoms with van der Waals surface area (Å²) >= 11 is 0. The monoisotopic (exact) mass is 683 g/mol. The van der Waals surface area contributed by atoms with E-state index in [0.29, 0.717) is 36.3 Å². The summed E-state index contributed by atoms with van der Waals surface area (Å²) in [5.41, 5.74) is -2.49. The summed E-state index contributed by atoms with van der Waals surface area (Å²) in [6, 6.07) is 15.8. The van der Waals surface area contributed by atoms with Gasteiger partial charge in [-0.25, -0.2) is 4.79 Å². The van der Waals surface area contributed by atoms with Crippen LogP contribution >= 0.6 is 0 Å². The Labute approximate surface area is 279 Å². The molecule has 3 aromatic carbocycles. The van der Waals surface area contributed by atoms with E-state index in [1.165, 1.54) is 43.2 Å². The van der Waals surface area contributed by atoms with Crippen LogP contribution in [0.2, 0.25) is 0 Å². The highest BCUT2D eigenvalue weighted by atomic mass is 19.4. The maximum Gasteiger partial charge on any atom is 0.422 e. The van der Waals surface area contributed by atoms with Crippen molar-refractivity contribution in [3.05, 3.63) is 99.7 Å². The molecule has 14 heteroatoms. The van der Waals surface area contributed by atoms with Gasteiger partial charge in [0, 0.05) is 55.0 Å². The van der Waals surface area contributed by atoms with E-state index in [1.54, 1.807) is 47.4 Å². The molecule has 1 fully saturated rings. The number of halogens is 3. The van der Waals surface area contributed by atoms with Gasteiger partial charge in [-0.3, -0.25) is 15.0 Å². The number of nitro groups is 1. The maximum absolute atomic E-state index is 15.0. The molecule has 260 valence electrons. The van der Waals surface area contributed by atoms with Crippen LogP contribution in [0.3, 0.4) is 0 Å². The number of nitro benzene ring substituents is 1. The standard InChI is InChI=1S/C35H36F3N3O8/c1-47-30-17-24(10-13-32(42)43)18-31(48-2)33(30)49-26-9-6-15-39(16-14-26)22-34(44,35(36,37)38)28-21-40(20-23-7-4-3-5-8-23)29-19-25(41(45)46)11-12-27(28)29/h3-5,7-8,10-13,17-19,21,26,44H,6,9,14-16,20,22H2,1-2H3,(H,42,43)/b13-10+. The van der Waals surface area contributed by atoms with Crippen molar-refractivity contribution in [2.75, 3.05) is 33.9 Å². The van der Waals surface area contributed by atoms with Crippen molar-refractivity contribution in [2.24, 2.45) is 0 Å². The second-order valence-corrected chi connectivity index (χ2v) is 11.8. The molecule has 0 saturated carbocycles. The average Bonchev–Trinajstić information content (AvgIpc) is 3.28. The van der Waals surface area contributed by atoms with Gasteiger partial charge >= 0.3 is 12.1 Å². The number of hydrogen-bond acceptors (Lipinski definition) is 8. The van der Waals surface area contributed by atoms with E-state index >= 15 is 0 Å². The highest BCUT2D eigenvalue weighted by molar-refractivity contribution is 5.87. The molecule has 2 heterocycles. The lowest BCUT2D eigenvalue weighted by atomic mass is 9.91. The van der Waals surface area contributed by atoms with Crippen molar-refractivity contribution in [3.63, 3.8) is 0 Å². The molecule has 1 aliphatic heterocycles. The molecule has 1 aromatic heterocycles. The minimum Gasteiger partial charge on any atom is -0.493 e. The molecule has 49 heavy (non-hydrogen) atoms. The summed E-state index contributed by atoms with van der Waals surface area (Å²) in [5.74, 6) is -0.253. The van der Waals surface area contributed by atoms with E-state index in [9.17, 15) is 33.2 Å². The molecule has 0 radical (unpaired) electrons. The number of aromatic nitrogens is 1. The third kappa shape index (κ3) is 7.81. The number of rotatable bonds is 12. The first kappa shape index (κ1) is 35.2. The number of carboxylic acid groups (broad SMARTS) is 1. The Balaban J connectivity index is 1.41. The molecule has 0 amide bonds. The van der Waals surface area contributed by atoms with Crippen LogP contribution in [0, 0.1) is 10.1 Å². The number of β-amino-alcohol motifs (C(OH)–C–C–N with tert-alkyl or cyclic N) is 1. The van der Waals surface area contributed by atoms with Crippen molar-refractivity contribution in [2.45, 2.75) is 43.7 Å². The lowest BCUT2D eigenvalue weighted by molar-refractivity contribution is -0.384. The average molecular weight is 684 g/mol. The smallest absolute Gasteiger partial charge is 0.422 e. The molecule has 4 aromatic rings. The van der Waals surface area contributed by atoms with E-state index in [0.717, 1.165) is 17.7 Å². The molecular weight excluding hydrogens is 647 g/mol. The van der Waals surface area contributed by atoms with Gasteiger partial charge in [-0.2, -0.15) is 13.2 Å². The van der Waals surface area contributed by atoms with Crippen LogP contribution in [-0.4, -0.2) is 76.7 Å². The Morgan fingerprint density at radius 3 is 2.35 bits per heavy atom. The third-order valence-electron chi connectivity index (χ3n) is 8.59. The van der Waals surface area contributed by atoms with Crippen LogP contribution in [0.1, 0.15) is 36.0 Å². The van der Waals surface area contributed by atoms with E-state index in [4.69, 9.17) is 19.3 Å². The number of ether oxygens (including phenoxy) is 3. The minimum absolute atomic E-state index is 0.0678. The molecule has 1 saturated heterocycles. The number of benzene rings is 3. The highest BCUT2D eigenvalue weighted by Gasteiger charge is 2.57. The van der Waals surface area contributed by atoms with Crippen molar-refractivity contribution in [3.8, 4) is 17.2 Å². The van der Waals surface area contributed by atoms with Gasteiger partial charge in [-0.05, 0) is 61.2 Å². The fourth-order valence-electron chi connectivity index (χ4n) is 6.13. The largest absolute Gasteiger partial charge is 0.493 e. The number of aliphatic hydroxyl groups is 1. The number of fused-ring (bicyclic) bond motifs is 1. The second kappa shape index (κ2) is 14.6. The van der Waals surface area contributed by atoms with Gasteiger partial charge in [-0.1, -0.05) is 30.3 Å². The predicted octanol–water partition coefficient (Wildman–Crippen LogP) is 6.40. The second-order valence-electron chi connectivity index (χ2n) is 11.8. The lowest BCUT2D eigenvalue weighted by Crippen LogP contribution is -2.51. The van der Waals surface area contributed by atoms with Crippen molar-refractivity contribution < 1.29 is 47.3 Å². The molecule has 11 nitrogen and oxygen atoms in total. The van der Waals surface area contributed by atoms with Crippen LogP contribution < -0.4 is 14.2 Å². The normalized spacial score (nSPS) is 17.1. The zero-order valence-electron chi connectivity index (χ0n) is 26.9. The molecular formula is C35H36F3N3O8. The molecule has 2 N–H and O–H groups in total. The fraction of sp³-hybridized carbons (Fsp3) is 0.343. The highest BCUT2D eigenvalue weighted by Crippen LogP contribution is 2.45. The maximum atomic E-state index is 15.0. The summed E-state index contributed by atoms with van der Waals surface area (Å²) in [6.45, 7) is -0.207. The summed E-state index contributed by atoms with van der Waals surface area (Å²) in [5, 5.41) is 32.2. The topological polar surface area (TPSA) is 137 Å². The van der Waals surface area contributed by atoms with E-state index in [2.05, 4.69) is 0 Å². The van der Waals surface area contributed by atoms with Gasteiger partial charge < -0.3 is 29.0 Å². The molecule has 0 aliphatic carbocycles. The molecule has 2 unspecified atom stereocenters. The first-order valence-electron chi connectivity index (χ1n) is 15.5. The van der Waals surface area contributed by atoms with Crippen molar-refractivity contribution >= 4 is 28.6 Å². The zero-order chi connectivity index (χ0) is 35.3. The summed E-state index contributed by atoms with van der Waals surface area (Å²) in [7, 11) is 2.85. The Kier molecular flexibility index (Phi) is 10.5. The molecule has 2 atom stereocenters. The van der Waals surface area contributed by atoms with E-state index in [1.807, 2.05) is 0 Å². The SMILES string of the molecule is COc1cc(/C=C/C(=O)O)cc(OC)c1OC1CCCN(CC(O)(c2cn(Cc3ccccc3)c3cc([N+](=O)[O-])ccc23)C(F)(F)F)CC1. The molecule has 0 bridgehead atoms. The summed E-state index contributed by atoms with van der Waals surface area (Å²) < 4.78 is 63.7. The first-order chi connectivity index (χ1) is 23.3. The minimum atomic E-state index is -5.08. The number of methoxy groups -OCH3 is 2. The summed E-state index contributed by atoms with van der Waals surface area (Å²) in [6.07, 6.45) is -0.640. The van der Waals surface area contributed by atoms with Crippen LogP contribution in [0.4, 0.5) is 18.9 Å². The van der Waals surface area contributed by atoms with Crippen LogP contribution in [0.25, 0.3) is 17.0 Å².